The molecule has 0 saturated carbocycles. The first kappa shape index (κ1) is 10.8. The predicted octanol–water partition coefficient (Wildman–Crippen LogP) is 1.60. The van der Waals surface area contributed by atoms with Crippen molar-refractivity contribution in [3.63, 3.8) is 0 Å². The molecule has 0 saturated heterocycles. The van der Waals surface area contributed by atoms with Crippen molar-refractivity contribution < 1.29 is 0 Å². The quantitative estimate of drug-likeness (QED) is 0.844. The standard InChI is InChI=1S/C12H16N4/c1-2-11(13)12(16-8-4-7-15-16)10-5-3-6-14-9-10/h3-9,11-12H,2,13H2,1H3. The number of hydrogen-bond donors (Lipinski definition) is 1. The minimum absolute atomic E-state index is 0.0455. The van der Waals surface area contributed by atoms with Crippen molar-refractivity contribution in [2.45, 2.75) is 25.4 Å². The van der Waals surface area contributed by atoms with Gasteiger partial charge in [0, 0.05) is 30.8 Å². The molecule has 0 bridgehead atoms. The van der Waals surface area contributed by atoms with Crippen LogP contribution in [0.15, 0.2) is 43.0 Å². The fourth-order valence-corrected chi connectivity index (χ4v) is 1.82. The van der Waals surface area contributed by atoms with E-state index in [4.69, 9.17) is 5.73 Å². The second-order valence-corrected chi connectivity index (χ2v) is 3.79. The van der Waals surface area contributed by atoms with Crippen LogP contribution < -0.4 is 5.73 Å². The van der Waals surface area contributed by atoms with Crippen molar-refractivity contribution in [2.24, 2.45) is 5.73 Å². The van der Waals surface area contributed by atoms with Crippen LogP contribution in [-0.2, 0) is 0 Å². The average Bonchev–Trinajstić information content (AvgIpc) is 2.84. The molecular weight excluding hydrogens is 200 g/mol. The van der Waals surface area contributed by atoms with E-state index in [0.29, 0.717) is 0 Å². The molecule has 2 aromatic rings. The molecule has 2 unspecified atom stereocenters. The van der Waals surface area contributed by atoms with Crippen LogP contribution in [0.25, 0.3) is 0 Å². The molecule has 4 heteroatoms. The van der Waals surface area contributed by atoms with E-state index in [0.717, 1.165) is 12.0 Å². The van der Waals surface area contributed by atoms with Gasteiger partial charge in [-0.3, -0.25) is 9.67 Å². The largest absolute Gasteiger partial charge is 0.326 e. The van der Waals surface area contributed by atoms with Crippen molar-refractivity contribution in [3.8, 4) is 0 Å². The van der Waals surface area contributed by atoms with E-state index in [1.807, 2.05) is 35.3 Å². The molecule has 2 atom stereocenters. The van der Waals surface area contributed by atoms with Crippen molar-refractivity contribution in [3.05, 3.63) is 48.5 Å². The highest BCUT2D eigenvalue weighted by Crippen LogP contribution is 2.20. The molecule has 0 aliphatic heterocycles. The zero-order valence-corrected chi connectivity index (χ0v) is 9.32. The van der Waals surface area contributed by atoms with Crippen LogP contribution >= 0.6 is 0 Å². The van der Waals surface area contributed by atoms with Crippen LogP contribution in [0.1, 0.15) is 24.9 Å². The highest BCUT2D eigenvalue weighted by molar-refractivity contribution is 5.17. The van der Waals surface area contributed by atoms with E-state index in [9.17, 15) is 0 Å². The fraction of sp³-hybridized carbons (Fsp3) is 0.333. The van der Waals surface area contributed by atoms with Gasteiger partial charge in [0.05, 0.1) is 6.04 Å². The third-order valence-corrected chi connectivity index (χ3v) is 2.71. The van der Waals surface area contributed by atoms with Crippen LogP contribution in [0.3, 0.4) is 0 Å². The molecule has 2 heterocycles. The normalized spacial score (nSPS) is 14.6. The lowest BCUT2D eigenvalue weighted by Gasteiger charge is -2.23. The molecule has 0 radical (unpaired) electrons. The molecule has 84 valence electrons. The Morgan fingerprint density at radius 2 is 2.25 bits per heavy atom. The first-order valence-electron chi connectivity index (χ1n) is 5.47. The molecule has 4 nitrogen and oxygen atoms in total. The minimum Gasteiger partial charge on any atom is -0.326 e. The molecule has 0 aromatic carbocycles. The summed E-state index contributed by atoms with van der Waals surface area (Å²) < 4.78 is 1.89. The number of pyridine rings is 1. The number of nitrogens with two attached hydrogens (primary N) is 1. The number of rotatable bonds is 4. The van der Waals surface area contributed by atoms with Crippen molar-refractivity contribution in [1.29, 1.82) is 0 Å². The molecule has 16 heavy (non-hydrogen) atoms. The fourth-order valence-electron chi connectivity index (χ4n) is 1.82. The van der Waals surface area contributed by atoms with Gasteiger partial charge in [0.2, 0.25) is 0 Å². The maximum Gasteiger partial charge on any atom is 0.0933 e. The van der Waals surface area contributed by atoms with Gasteiger partial charge in [0.15, 0.2) is 0 Å². The number of hydrogen-bond acceptors (Lipinski definition) is 3. The van der Waals surface area contributed by atoms with E-state index >= 15 is 0 Å². The van der Waals surface area contributed by atoms with Gasteiger partial charge in [-0.25, -0.2) is 0 Å². The highest BCUT2D eigenvalue weighted by Gasteiger charge is 2.20. The van der Waals surface area contributed by atoms with Gasteiger partial charge in [0.25, 0.3) is 0 Å². The lowest BCUT2D eigenvalue weighted by Crippen LogP contribution is -2.32. The monoisotopic (exact) mass is 216 g/mol. The van der Waals surface area contributed by atoms with Gasteiger partial charge < -0.3 is 5.73 Å². The van der Waals surface area contributed by atoms with Gasteiger partial charge in [-0.15, -0.1) is 0 Å². The lowest BCUT2D eigenvalue weighted by atomic mass is 10.00. The topological polar surface area (TPSA) is 56.7 Å². The van der Waals surface area contributed by atoms with Crippen LogP contribution in [0.5, 0.6) is 0 Å². The number of aromatic nitrogens is 3. The summed E-state index contributed by atoms with van der Waals surface area (Å²) in [6.07, 6.45) is 8.22. The van der Waals surface area contributed by atoms with E-state index < -0.39 is 0 Å². The number of nitrogens with zero attached hydrogens (tertiary/aromatic N) is 3. The smallest absolute Gasteiger partial charge is 0.0933 e. The molecule has 0 aliphatic rings. The summed E-state index contributed by atoms with van der Waals surface area (Å²) in [6.45, 7) is 2.08. The molecule has 0 amide bonds. The Morgan fingerprint density at radius 1 is 1.38 bits per heavy atom. The van der Waals surface area contributed by atoms with Gasteiger partial charge in [-0.05, 0) is 24.1 Å². The van der Waals surface area contributed by atoms with Gasteiger partial charge >= 0.3 is 0 Å². The van der Waals surface area contributed by atoms with Crippen molar-refractivity contribution >= 4 is 0 Å². The maximum absolute atomic E-state index is 6.15. The molecule has 2 aromatic heterocycles. The summed E-state index contributed by atoms with van der Waals surface area (Å²) in [5.74, 6) is 0. The molecule has 0 spiro atoms. The Bertz CT molecular complexity index is 410. The molecule has 0 fully saturated rings. The molecular formula is C12H16N4. The highest BCUT2D eigenvalue weighted by atomic mass is 15.3. The second kappa shape index (κ2) is 4.90. The van der Waals surface area contributed by atoms with Crippen molar-refractivity contribution in [1.82, 2.24) is 14.8 Å². The Hall–Kier alpha value is -1.68. The van der Waals surface area contributed by atoms with Crippen LogP contribution in [0.2, 0.25) is 0 Å². The van der Waals surface area contributed by atoms with E-state index in [1.54, 1.807) is 12.4 Å². The zero-order chi connectivity index (χ0) is 11.4. The van der Waals surface area contributed by atoms with Gasteiger partial charge in [-0.1, -0.05) is 13.0 Å². The minimum atomic E-state index is 0.0455. The third kappa shape index (κ3) is 2.12. The average molecular weight is 216 g/mol. The Balaban J connectivity index is 2.36. The summed E-state index contributed by atoms with van der Waals surface area (Å²) >= 11 is 0. The van der Waals surface area contributed by atoms with Crippen LogP contribution in [0, 0.1) is 0 Å². The van der Waals surface area contributed by atoms with E-state index in [1.165, 1.54) is 0 Å². The molecule has 2 N–H and O–H groups in total. The second-order valence-electron chi connectivity index (χ2n) is 3.79. The Morgan fingerprint density at radius 3 is 2.81 bits per heavy atom. The first-order valence-corrected chi connectivity index (χ1v) is 5.47. The molecule has 2 rings (SSSR count). The SMILES string of the molecule is CCC(N)C(c1cccnc1)n1cccn1. The first-order chi connectivity index (χ1) is 7.83. The van der Waals surface area contributed by atoms with Gasteiger partial charge in [-0.2, -0.15) is 5.10 Å². The summed E-state index contributed by atoms with van der Waals surface area (Å²) in [6, 6.07) is 5.98. The zero-order valence-electron chi connectivity index (χ0n) is 9.32. The van der Waals surface area contributed by atoms with E-state index in [2.05, 4.69) is 17.0 Å². The maximum atomic E-state index is 6.15. The summed E-state index contributed by atoms with van der Waals surface area (Å²) in [4.78, 5) is 4.14. The van der Waals surface area contributed by atoms with Gasteiger partial charge in [0.1, 0.15) is 0 Å². The Labute approximate surface area is 95.1 Å². The summed E-state index contributed by atoms with van der Waals surface area (Å²) in [5.41, 5.74) is 7.25. The lowest BCUT2D eigenvalue weighted by molar-refractivity contribution is 0.423. The third-order valence-electron chi connectivity index (χ3n) is 2.71. The molecule has 0 aliphatic carbocycles. The van der Waals surface area contributed by atoms with Crippen LogP contribution in [0.4, 0.5) is 0 Å². The summed E-state index contributed by atoms with van der Waals surface area (Å²) in [7, 11) is 0. The Kier molecular flexibility index (Phi) is 3.31. The predicted molar refractivity (Wildman–Crippen MR) is 62.9 cm³/mol. The summed E-state index contributed by atoms with van der Waals surface area (Å²) in [5, 5.41) is 4.27. The van der Waals surface area contributed by atoms with E-state index in [-0.39, 0.29) is 12.1 Å². The van der Waals surface area contributed by atoms with Crippen LogP contribution in [-0.4, -0.2) is 20.8 Å². The van der Waals surface area contributed by atoms with Crippen molar-refractivity contribution in [2.75, 3.05) is 0 Å².